The van der Waals surface area contributed by atoms with E-state index in [4.69, 9.17) is 11.5 Å². The van der Waals surface area contributed by atoms with Crippen molar-refractivity contribution < 1.29 is 4.39 Å². The summed E-state index contributed by atoms with van der Waals surface area (Å²) in [7, 11) is 0. The van der Waals surface area contributed by atoms with Crippen molar-refractivity contribution >= 4 is 23.1 Å². The van der Waals surface area contributed by atoms with Gasteiger partial charge in [0.15, 0.2) is 0 Å². The first kappa shape index (κ1) is 10.8. The van der Waals surface area contributed by atoms with Crippen LogP contribution in [0.1, 0.15) is 0 Å². The van der Waals surface area contributed by atoms with E-state index in [9.17, 15) is 4.39 Å². The minimum Gasteiger partial charge on any atom is -0.397 e. The van der Waals surface area contributed by atoms with Crippen LogP contribution in [0, 0.1) is 5.82 Å². The maximum absolute atomic E-state index is 13.0. The second-order valence-corrected chi connectivity index (χ2v) is 4.50. The van der Waals surface area contributed by atoms with E-state index in [1.54, 1.807) is 18.2 Å². The lowest BCUT2D eigenvalue weighted by atomic mass is 10.3. The van der Waals surface area contributed by atoms with Gasteiger partial charge in [-0.05, 0) is 36.4 Å². The van der Waals surface area contributed by atoms with Crippen LogP contribution in [-0.2, 0) is 0 Å². The third kappa shape index (κ3) is 2.46. The van der Waals surface area contributed by atoms with Crippen LogP contribution in [0.15, 0.2) is 52.3 Å². The molecule has 0 aliphatic carbocycles. The van der Waals surface area contributed by atoms with Gasteiger partial charge in [-0.15, -0.1) is 0 Å². The van der Waals surface area contributed by atoms with Crippen LogP contribution in [0.25, 0.3) is 0 Å². The Labute approximate surface area is 97.5 Å². The van der Waals surface area contributed by atoms with Gasteiger partial charge >= 0.3 is 0 Å². The Balaban J connectivity index is 2.24. The van der Waals surface area contributed by atoms with Gasteiger partial charge in [-0.25, -0.2) is 4.39 Å². The highest BCUT2D eigenvalue weighted by Crippen LogP contribution is 2.30. The van der Waals surface area contributed by atoms with E-state index in [-0.39, 0.29) is 5.82 Å². The third-order valence-electron chi connectivity index (χ3n) is 2.09. The summed E-state index contributed by atoms with van der Waals surface area (Å²) in [4.78, 5) is 1.78. The van der Waals surface area contributed by atoms with Gasteiger partial charge in [-0.2, -0.15) is 0 Å². The van der Waals surface area contributed by atoms with Gasteiger partial charge in [-0.1, -0.05) is 17.8 Å². The molecule has 0 fully saturated rings. The summed E-state index contributed by atoms with van der Waals surface area (Å²) in [6.07, 6.45) is 0. The highest BCUT2D eigenvalue weighted by atomic mass is 32.2. The van der Waals surface area contributed by atoms with Crippen molar-refractivity contribution in [3.05, 3.63) is 48.3 Å². The van der Waals surface area contributed by atoms with Crippen molar-refractivity contribution in [2.24, 2.45) is 0 Å². The number of hydrogen-bond acceptors (Lipinski definition) is 3. The molecular weight excluding hydrogens is 223 g/mol. The Kier molecular flexibility index (Phi) is 3.01. The summed E-state index contributed by atoms with van der Waals surface area (Å²) in [5.41, 5.74) is 12.4. The topological polar surface area (TPSA) is 52.0 Å². The van der Waals surface area contributed by atoms with Crippen molar-refractivity contribution in [1.82, 2.24) is 0 Å². The van der Waals surface area contributed by atoms with E-state index in [2.05, 4.69) is 0 Å². The van der Waals surface area contributed by atoms with Crippen molar-refractivity contribution in [3.63, 3.8) is 0 Å². The number of anilines is 2. The number of benzene rings is 2. The van der Waals surface area contributed by atoms with Crippen LogP contribution in [0.3, 0.4) is 0 Å². The fraction of sp³-hybridized carbons (Fsp3) is 0. The van der Waals surface area contributed by atoms with E-state index >= 15 is 0 Å². The van der Waals surface area contributed by atoms with Crippen molar-refractivity contribution in [1.29, 1.82) is 0 Å². The number of rotatable bonds is 2. The summed E-state index contributed by atoms with van der Waals surface area (Å²) >= 11 is 1.45. The Morgan fingerprint density at radius 3 is 2.31 bits per heavy atom. The molecule has 0 aliphatic rings. The molecule has 0 radical (unpaired) electrons. The molecule has 0 amide bonds. The third-order valence-corrected chi connectivity index (χ3v) is 3.07. The predicted molar refractivity (Wildman–Crippen MR) is 65.8 cm³/mol. The molecule has 2 aromatic rings. The van der Waals surface area contributed by atoms with Crippen LogP contribution < -0.4 is 11.5 Å². The lowest BCUT2D eigenvalue weighted by Gasteiger charge is -2.04. The van der Waals surface area contributed by atoms with Gasteiger partial charge in [-0.3, -0.25) is 0 Å². The fourth-order valence-corrected chi connectivity index (χ4v) is 2.20. The van der Waals surface area contributed by atoms with Crippen molar-refractivity contribution in [3.8, 4) is 0 Å². The summed E-state index contributed by atoms with van der Waals surface area (Å²) in [5, 5.41) is 0. The average Bonchev–Trinajstić information content (AvgIpc) is 2.24. The molecule has 0 spiro atoms. The molecule has 82 valence electrons. The molecule has 0 saturated carbocycles. The molecule has 2 aromatic carbocycles. The van der Waals surface area contributed by atoms with Gasteiger partial charge in [0, 0.05) is 9.79 Å². The smallest absolute Gasteiger partial charge is 0.124 e. The van der Waals surface area contributed by atoms with Gasteiger partial charge in [0.25, 0.3) is 0 Å². The minimum absolute atomic E-state index is 0.242. The molecule has 2 nitrogen and oxygen atoms in total. The zero-order valence-electron chi connectivity index (χ0n) is 8.48. The molecule has 4 N–H and O–H groups in total. The zero-order valence-corrected chi connectivity index (χ0v) is 9.30. The minimum atomic E-state index is -0.242. The molecular formula is C12H11FN2S. The molecule has 0 bridgehead atoms. The first-order chi connectivity index (χ1) is 7.65. The molecule has 0 atom stereocenters. The first-order valence-electron chi connectivity index (χ1n) is 4.73. The first-order valence-corrected chi connectivity index (χ1v) is 5.55. The maximum atomic E-state index is 13.0. The van der Waals surface area contributed by atoms with Crippen LogP contribution in [0.5, 0.6) is 0 Å². The molecule has 2 rings (SSSR count). The number of hydrogen-bond donors (Lipinski definition) is 2. The highest BCUT2D eigenvalue weighted by Gasteiger charge is 2.01. The van der Waals surface area contributed by atoms with Crippen LogP contribution in [0.4, 0.5) is 15.8 Å². The Bertz CT molecular complexity index is 514. The number of nitrogen functional groups attached to an aromatic ring is 2. The Hall–Kier alpha value is -1.68. The largest absolute Gasteiger partial charge is 0.397 e. The van der Waals surface area contributed by atoms with Gasteiger partial charge in [0.1, 0.15) is 5.82 Å². The van der Waals surface area contributed by atoms with Crippen molar-refractivity contribution in [2.45, 2.75) is 9.79 Å². The van der Waals surface area contributed by atoms with E-state index in [1.165, 1.54) is 23.9 Å². The fourth-order valence-electron chi connectivity index (χ4n) is 1.28. The monoisotopic (exact) mass is 234 g/mol. The SMILES string of the molecule is Nc1ccc(Sc2cccc(F)c2)cc1N. The standard InChI is InChI=1S/C12H11FN2S/c13-8-2-1-3-9(6-8)16-10-4-5-11(14)12(15)7-10/h1-7H,14-15H2. The second kappa shape index (κ2) is 4.45. The molecule has 0 unspecified atom stereocenters. The molecule has 0 aromatic heterocycles. The zero-order chi connectivity index (χ0) is 11.5. The van der Waals surface area contributed by atoms with Crippen molar-refractivity contribution in [2.75, 3.05) is 11.5 Å². The quantitative estimate of drug-likeness (QED) is 0.785. The number of halogens is 1. The lowest BCUT2D eigenvalue weighted by Crippen LogP contribution is -1.93. The highest BCUT2D eigenvalue weighted by molar-refractivity contribution is 7.99. The normalized spacial score (nSPS) is 10.3. The van der Waals surface area contributed by atoms with Gasteiger partial charge in [0.05, 0.1) is 11.4 Å². The van der Waals surface area contributed by atoms with Crippen LogP contribution >= 0.6 is 11.8 Å². The lowest BCUT2D eigenvalue weighted by molar-refractivity contribution is 0.624. The van der Waals surface area contributed by atoms with Crippen LogP contribution in [0.2, 0.25) is 0 Å². The molecule has 0 heterocycles. The summed E-state index contributed by atoms with van der Waals surface area (Å²) in [6, 6.07) is 11.8. The second-order valence-electron chi connectivity index (χ2n) is 3.35. The molecule has 0 saturated heterocycles. The summed E-state index contributed by atoms with van der Waals surface area (Å²) in [6.45, 7) is 0. The Morgan fingerprint density at radius 2 is 1.62 bits per heavy atom. The average molecular weight is 234 g/mol. The van der Waals surface area contributed by atoms with Gasteiger partial charge < -0.3 is 11.5 Å². The number of nitrogens with two attached hydrogens (primary N) is 2. The Morgan fingerprint density at radius 1 is 0.875 bits per heavy atom. The van der Waals surface area contributed by atoms with E-state index in [0.29, 0.717) is 11.4 Å². The maximum Gasteiger partial charge on any atom is 0.124 e. The molecule has 4 heteroatoms. The van der Waals surface area contributed by atoms with E-state index in [1.807, 2.05) is 12.1 Å². The molecule has 16 heavy (non-hydrogen) atoms. The molecule has 0 aliphatic heterocycles. The van der Waals surface area contributed by atoms with E-state index < -0.39 is 0 Å². The summed E-state index contributed by atoms with van der Waals surface area (Å²) < 4.78 is 13.0. The van der Waals surface area contributed by atoms with Gasteiger partial charge in [0.2, 0.25) is 0 Å². The van der Waals surface area contributed by atoms with Crippen LogP contribution in [-0.4, -0.2) is 0 Å². The predicted octanol–water partition coefficient (Wildman–Crippen LogP) is 3.14. The summed E-state index contributed by atoms with van der Waals surface area (Å²) in [5.74, 6) is -0.242. The van der Waals surface area contributed by atoms with E-state index in [0.717, 1.165) is 9.79 Å².